The van der Waals surface area contributed by atoms with Crippen LogP contribution in [0.4, 0.5) is 0 Å². The minimum absolute atomic E-state index is 0. The third-order valence-electron chi connectivity index (χ3n) is 3.46. The Hall–Kier alpha value is 0.920. The average molecular weight is 280 g/mol. The van der Waals surface area contributed by atoms with Crippen LogP contribution in [0, 0.1) is 6.92 Å². The summed E-state index contributed by atoms with van der Waals surface area (Å²) in [5.74, 6) is 0. The Morgan fingerprint density at radius 2 is 0.895 bits per heavy atom. The van der Waals surface area contributed by atoms with Gasteiger partial charge >= 0.3 is 29.6 Å². The molecule has 0 radical (unpaired) electrons. The van der Waals surface area contributed by atoms with Crippen LogP contribution >= 0.6 is 0 Å². The maximum absolute atomic E-state index is 8.68. The third-order valence-corrected chi connectivity index (χ3v) is 3.46. The van der Waals surface area contributed by atoms with E-state index in [-0.39, 0.29) is 29.6 Å². The van der Waals surface area contributed by atoms with E-state index in [9.17, 15) is 0 Å². The Kier molecular flexibility index (Phi) is 22.1. The first-order chi connectivity index (χ1) is 8.77. The minimum Gasteiger partial charge on any atom is -0.368 e. The van der Waals surface area contributed by atoms with Gasteiger partial charge in [0.05, 0.1) is 0 Å². The van der Waals surface area contributed by atoms with Crippen LogP contribution < -0.4 is 29.6 Å². The molecule has 19 heavy (non-hydrogen) atoms. The molecule has 0 heterocycles. The molecule has 0 bridgehead atoms. The third kappa shape index (κ3) is 21.4. The summed E-state index contributed by atoms with van der Waals surface area (Å²) in [6.45, 7) is 3.86. The number of aliphatic hydroxyl groups excluding tert-OH is 1. The van der Waals surface area contributed by atoms with E-state index < -0.39 is 6.29 Å². The Balaban J connectivity index is 0. The fourth-order valence-electron chi connectivity index (χ4n) is 2.27. The van der Waals surface area contributed by atoms with Gasteiger partial charge in [-0.3, -0.25) is 0 Å². The van der Waals surface area contributed by atoms with E-state index in [1.54, 1.807) is 0 Å². The standard InChI is InChI=1S/C16H33O2.Na/c1-2-3-4-5-6-7-8-9-10-11-12-13-14-15-16(17)18;/h16-18H,1-15H2;/q-1;+1. The van der Waals surface area contributed by atoms with Crippen molar-refractivity contribution in [3.05, 3.63) is 6.92 Å². The summed E-state index contributed by atoms with van der Waals surface area (Å²) >= 11 is 0. The van der Waals surface area contributed by atoms with Gasteiger partial charge in [0, 0.05) is 0 Å². The number of unbranched alkanes of at least 4 members (excludes halogenated alkanes) is 12. The van der Waals surface area contributed by atoms with E-state index in [0.717, 1.165) is 19.3 Å². The summed E-state index contributed by atoms with van der Waals surface area (Å²) in [6, 6.07) is 0. The Labute approximate surface area is 142 Å². The van der Waals surface area contributed by atoms with E-state index in [2.05, 4.69) is 6.92 Å². The van der Waals surface area contributed by atoms with Gasteiger partial charge < -0.3 is 17.1 Å². The van der Waals surface area contributed by atoms with Crippen LogP contribution in [-0.4, -0.2) is 16.5 Å². The van der Waals surface area contributed by atoms with Gasteiger partial charge in [0.2, 0.25) is 0 Å². The first-order valence-corrected chi connectivity index (χ1v) is 7.92. The maximum Gasteiger partial charge on any atom is 1.00 e. The normalized spacial score (nSPS) is 10.7. The molecule has 0 fully saturated rings. The topological polar surface area (TPSA) is 40.5 Å². The predicted molar refractivity (Wildman–Crippen MR) is 78.2 cm³/mol. The molecule has 0 amide bonds. The van der Waals surface area contributed by atoms with Crippen LogP contribution in [0.2, 0.25) is 0 Å². The molecule has 0 rings (SSSR count). The molecular formula is C16H33NaO2. The number of rotatable bonds is 14. The summed E-state index contributed by atoms with van der Waals surface area (Å²) < 4.78 is 0. The molecule has 0 unspecified atom stereocenters. The first-order valence-electron chi connectivity index (χ1n) is 7.92. The quantitative estimate of drug-likeness (QED) is 0.220. The molecule has 0 saturated heterocycles. The van der Waals surface area contributed by atoms with Crippen molar-refractivity contribution in [3.8, 4) is 0 Å². The number of hydrogen-bond acceptors (Lipinski definition) is 2. The Morgan fingerprint density at radius 1 is 0.579 bits per heavy atom. The molecule has 0 spiro atoms. The van der Waals surface area contributed by atoms with Gasteiger partial charge in [-0.05, 0) is 12.8 Å². The largest absolute Gasteiger partial charge is 1.00 e. The van der Waals surface area contributed by atoms with Gasteiger partial charge in [0.1, 0.15) is 0 Å². The molecule has 0 aliphatic carbocycles. The summed E-state index contributed by atoms with van der Waals surface area (Å²) in [4.78, 5) is 0. The molecule has 0 aromatic rings. The van der Waals surface area contributed by atoms with Crippen molar-refractivity contribution in [3.63, 3.8) is 0 Å². The minimum atomic E-state index is -1.10. The molecular weight excluding hydrogens is 247 g/mol. The number of aliphatic hydroxyl groups is 2. The van der Waals surface area contributed by atoms with Crippen LogP contribution in [0.3, 0.4) is 0 Å². The number of hydrogen-bond donors (Lipinski definition) is 2. The molecule has 110 valence electrons. The van der Waals surface area contributed by atoms with Gasteiger partial charge in [-0.2, -0.15) is 6.42 Å². The summed E-state index contributed by atoms with van der Waals surface area (Å²) in [5, 5.41) is 17.4. The smallest absolute Gasteiger partial charge is 0.368 e. The fourth-order valence-corrected chi connectivity index (χ4v) is 2.27. The SMILES string of the molecule is [CH2-]CCCCCCCCCCCCCCC(O)O.[Na+]. The monoisotopic (exact) mass is 280 g/mol. The van der Waals surface area contributed by atoms with Crippen molar-refractivity contribution >= 4 is 0 Å². The molecule has 3 heteroatoms. The second-order valence-corrected chi connectivity index (χ2v) is 5.37. The van der Waals surface area contributed by atoms with Crippen LogP contribution in [0.25, 0.3) is 0 Å². The van der Waals surface area contributed by atoms with E-state index in [0.29, 0.717) is 6.42 Å². The molecule has 0 aliphatic heterocycles. The van der Waals surface area contributed by atoms with Gasteiger partial charge in [0.25, 0.3) is 0 Å². The molecule has 0 aromatic heterocycles. The van der Waals surface area contributed by atoms with Crippen molar-refractivity contribution in [1.82, 2.24) is 0 Å². The zero-order valence-corrected chi connectivity index (χ0v) is 15.1. The summed E-state index contributed by atoms with van der Waals surface area (Å²) in [6.07, 6.45) is 16.1. The maximum atomic E-state index is 8.68. The molecule has 2 N–H and O–H groups in total. The van der Waals surface area contributed by atoms with E-state index in [1.807, 2.05) is 0 Å². The van der Waals surface area contributed by atoms with E-state index >= 15 is 0 Å². The van der Waals surface area contributed by atoms with Crippen molar-refractivity contribution in [2.75, 3.05) is 0 Å². The second kappa shape index (κ2) is 18.9. The van der Waals surface area contributed by atoms with Crippen molar-refractivity contribution in [2.45, 2.75) is 96.2 Å². The molecule has 0 aliphatic rings. The summed E-state index contributed by atoms with van der Waals surface area (Å²) in [7, 11) is 0. The molecule has 2 nitrogen and oxygen atoms in total. The van der Waals surface area contributed by atoms with E-state index in [1.165, 1.54) is 64.2 Å². The van der Waals surface area contributed by atoms with Gasteiger partial charge in [-0.15, -0.1) is 0 Å². The van der Waals surface area contributed by atoms with Crippen LogP contribution in [0.5, 0.6) is 0 Å². The van der Waals surface area contributed by atoms with Crippen LogP contribution in [0.1, 0.15) is 89.9 Å². The second-order valence-electron chi connectivity index (χ2n) is 5.37. The van der Waals surface area contributed by atoms with E-state index in [4.69, 9.17) is 10.2 Å². The Morgan fingerprint density at radius 3 is 1.21 bits per heavy atom. The van der Waals surface area contributed by atoms with Crippen molar-refractivity contribution < 1.29 is 39.8 Å². The molecule has 0 aromatic carbocycles. The fraction of sp³-hybridized carbons (Fsp3) is 0.938. The average Bonchev–Trinajstić information content (AvgIpc) is 2.34. The summed E-state index contributed by atoms with van der Waals surface area (Å²) in [5.41, 5.74) is 0. The zero-order chi connectivity index (χ0) is 13.5. The molecule has 0 saturated carbocycles. The van der Waals surface area contributed by atoms with Gasteiger partial charge in [-0.1, -0.05) is 70.6 Å². The van der Waals surface area contributed by atoms with Crippen LogP contribution in [0.15, 0.2) is 0 Å². The predicted octanol–water partition coefficient (Wildman–Crippen LogP) is 1.60. The van der Waals surface area contributed by atoms with Crippen molar-refractivity contribution in [1.29, 1.82) is 0 Å². The van der Waals surface area contributed by atoms with Gasteiger partial charge in [-0.25, -0.2) is 0 Å². The first kappa shape index (κ1) is 22.2. The molecule has 0 atom stereocenters. The zero-order valence-electron chi connectivity index (χ0n) is 13.1. The Bertz CT molecular complexity index is 152. The van der Waals surface area contributed by atoms with Gasteiger partial charge in [0.15, 0.2) is 6.29 Å². The van der Waals surface area contributed by atoms with Crippen molar-refractivity contribution in [2.24, 2.45) is 0 Å². The van der Waals surface area contributed by atoms with Crippen LogP contribution in [-0.2, 0) is 0 Å².